The highest BCUT2D eigenvalue weighted by atomic mass is 32.1. The van der Waals surface area contributed by atoms with Gasteiger partial charge < -0.3 is 9.31 Å². The molecule has 6 aromatic rings. The van der Waals surface area contributed by atoms with Crippen LogP contribution in [0.1, 0.15) is 49.9 Å². The molecule has 0 saturated carbocycles. The van der Waals surface area contributed by atoms with Crippen molar-refractivity contribution in [1.82, 2.24) is 0 Å². The molecule has 0 amide bonds. The number of hydrogen-bond donors (Lipinski definition) is 0. The SMILES string of the molecule is CC1(C)OB(c2cccc3c2sc2ccc4c(c23)-c2ccccc2C42c3ccccc3-c3ccccc32)OC1(C)C. The van der Waals surface area contributed by atoms with E-state index in [1.165, 1.54) is 64.7 Å². The van der Waals surface area contributed by atoms with Gasteiger partial charge in [0.1, 0.15) is 0 Å². The molecule has 1 aromatic heterocycles. The Bertz CT molecular complexity index is 2020. The first-order chi connectivity index (χ1) is 19.8. The van der Waals surface area contributed by atoms with Crippen molar-refractivity contribution in [3.8, 4) is 22.3 Å². The van der Waals surface area contributed by atoms with Gasteiger partial charge in [0.25, 0.3) is 0 Å². The Kier molecular flexibility index (Phi) is 4.54. The first kappa shape index (κ1) is 24.0. The predicted octanol–water partition coefficient (Wildman–Crippen LogP) is 8.70. The van der Waals surface area contributed by atoms with Crippen LogP contribution in [-0.4, -0.2) is 18.3 Å². The Morgan fingerprint density at radius 1 is 0.561 bits per heavy atom. The van der Waals surface area contributed by atoms with Crippen molar-refractivity contribution >= 4 is 44.1 Å². The molecule has 5 aromatic carbocycles. The second-order valence-corrected chi connectivity index (χ2v) is 13.7. The smallest absolute Gasteiger partial charge is 0.399 e. The zero-order chi connectivity index (χ0) is 27.7. The molecule has 1 saturated heterocycles. The second kappa shape index (κ2) is 7.77. The van der Waals surface area contributed by atoms with Crippen LogP contribution in [-0.2, 0) is 14.7 Å². The number of fused-ring (bicyclic) bond motifs is 14. The molecule has 2 nitrogen and oxygen atoms in total. The molecule has 0 atom stereocenters. The molecule has 4 heteroatoms. The van der Waals surface area contributed by atoms with E-state index in [0.29, 0.717) is 0 Å². The van der Waals surface area contributed by atoms with Gasteiger partial charge in [-0.2, -0.15) is 0 Å². The fourth-order valence-corrected chi connectivity index (χ4v) is 8.88. The van der Waals surface area contributed by atoms with Crippen molar-refractivity contribution in [2.45, 2.75) is 44.3 Å². The van der Waals surface area contributed by atoms with Crippen LogP contribution in [0.5, 0.6) is 0 Å². The van der Waals surface area contributed by atoms with E-state index in [2.05, 4.69) is 131 Å². The fraction of sp³-hybridized carbons (Fsp3) is 0.189. The third-order valence-corrected chi connectivity index (χ3v) is 11.4. The first-order valence-electron chi connectivity index (χ1n) is 14.5. The van der Waals surface area contributed by atoms with Crippen LogP contribution in [0.25, 0.3) is 42.4 Å². The molecule has 9 rings (SSSR count). The summed E-state index contributed by atoms with van der Waals surface area (Å²) in [5, 5.41) is 2.62. The normalized spacial score (nSPS) is 18.6. The Balaban J connectivity index is 1.38. The van der Waals surface area contributed by atoms with Gasteiger partial charge in [0, 0.05) is 25.6 Å². The second-order valence-electron chi connectivity index (χ2n) is 12.7. The van der Waals surface area contributed by atoms with Crippen LogP contribution in [0.3, 0.4) is 0 Å². The summed E-state index contributed by atoms with van der Waals surface area (Å²) in [6.07, 6.45) is 0. The third-order valence-electron chi connectivity index (χ3n) is 10.2. The lowest BCUT2D eigenvalue weighted by Gasteiger charge is -2.32. The Morgan fingerprint density at radius 2 is 1.12 bits per heavy atom. The topological polar surface area (TPSA) is 18.5 Å². The van der Waals surface area contributed by atoms with Gasteiger partial charge in [-0.3, -0.25) is 0 Å². The van der Waals surface area contributed by atoms with Crippen molar-refractivity contribution in [2.24, 2.45) is 0 Å². The van der Waals surface area contributed by atoms with Gasteiger partial charge in [-0.05, 0) is 78.3 Å². The molecule has 198 valence electrons. The summed E-state index contributed by atoms with van der Waals surface area (Å²) in [7, 11) is -0.392. The molecule has 41 heavy (non-hydrogen) atoms. The van der Waals surface area contributed by atoms with Crippen molar-refractivity contribution in [2.75, 3.05) is 0 Å². The number of rotatable bonds is 1. The maximum absolute atomic E-state index is 6.54. The van der Waals surface area contributed by atoms with Crippen LogP contribution >= 0.6 is 11.3 Å². The van der Waals surface area contributed by atoms with E-state index in [1.54, 1.807) is 0 Å². The van der Waals surface area contributed by atoms with Crippen molar-refractivity contribution in [1.29, 1.82) is 0 Å². The molecule has 3 aliphatic rings. The van der Waals surface area contributed by atoms with Gasteiger partial charge in [-0.25, -0.2) is 0 Å². The Morgan fingerprint density at radius 3 is 1.76 bits per heavy atom. The summed E-state index contributed by atoms with van der Waals surface area (Å²) in [4.78, 5) is 0. The van der Waals surface area contributed by atoms with Crippen LogP contribution < -0.4 is 5.46 Å². The summed E-state index contributed by atoms with van der Waals surface area (Å²) in [6, 6.07) is 38.5. The largest absolute Gasteiger partial charge is 0.496 e. The van der Waals surface area contributed by atoms with Crippen molar-refractivity contribution < 1.29 is 9.31 Å². The maximum atomic E-state index is 6.54. The molecule has 0 unspecified atom stereocenters. The van der Waals surface area contributed by atoms with Crippen LogP contribution in [0.2, 0.25) is 0 Å². The molecule has 0 bridgehead atoms. The fourth-order valence-electron chi connectivity index (χ4n) is 7.65. The number of benzene rings is 5. The highest BCUT2D eigenvalue weighted by molar-refractivity contribution is 7.27. The minimum Gasteiger partial charge on any atom is -0.399 e. The lowest BCUT2D eigenvalue weighted by molar-refractivity contribution is 0.00578. The molecule has 1 fully saturated rings. The Hall–Kier alpha value is -3.70. The molecule has 0 radical (unpaired) electrons. The zero-order valence-electron chi connectivity index (χ0n) is 23.6. The minimum absolute atomic E-state index is 0.328. The first-order valence-corrected chi connectivity index (χ1v) is 15.3. The van der Waals surface area contributed by atoms with Gasteiger partial charge in [0.05, 0.1) is 16.6 Å². The highest BCUT2D eigenvalue weighted by Crippen LogP contribution is 2.64. The number of hydrogen-bond acceptors (Lipinski definition) is 3. The molecule has 2 aliphatic carbocycles. The summed E-state index contributed by atoms with van der Waals surface area (Å²) in [6.45, 7) is 8.49. The Labute approximate surface area is 244 Å². The lowest BCUT2D eigenvalue weighted by atomic mass is 9.70. The standard InChI is InChI=1S/C37H29BO2S/c1-35(2)36(3,4)40-38(39-35)30-19-11-15-25-33-31(41-34(25)30)21-20-29-32(33)24-14-7-10-18-28(24)37(29)26-16-8-5-12-22(26)23-13-6-9-17-27(23)37/h5-21H,1-4H3. The van der Waals surface area contributed by atoms with Gasteiger partial charge in [0.15, 0.2) is 0 Å². The van der Waals surface area contributed by atoms with Gasteiger partial charge >= 0.3 is 7.12 Å². The van der Waals surface area contributed by atoms with Gasteiger partial charge in [-0.1, -0.05) is 97.1 Å². The summed E-state index contributed by atoms with van der Waals surface area (Å²) in [5.41, 5.74) is 10.9. The molecule has 1 spiro atoms. The average Bonchev–Trinajstić information content (AvgIpc) is 3.65. The van der Waals surface area contributed by atoms with Crippen molar-refractivity contribution in [3.05, 3.63) is 125 Å². The van der Waals surface area contributed by atoms with E-state index < -0.39 is 7.12 Å². The van der Waals surface area contributed by atoms with E-state index in [0.717, 1.165) is 5.46 Å². The zero-order valence-corrected chi connectivity index (χ0v) is 24.4. The van der Waals surface area contributed by atoms with Crippen LogP contribution in [0.4, 0.5) is 0 Å². The molecule has 1 aliphatic heterocycles. The quantitative estimate of drug-likeness (QED) is 0.191. The highest BCUT2D eigenvalue weighted by Gasteiger charge is 2.53. The van der Waals surface area contributed by atoms with Crippen LogP contribution in [0, 0.1) is 0 Å². The maximum Gasteiger partial charge on any atom is 0.496 e. The van der Waals surface area contributed by atoms with E-state index >= 15 is 0 Å². The minimum atomic E-state index is -0.392. The summed E-state index contributed by atoms with van der Waals surface area (Å²) in [5.74, 6) is 0. The van der Waals surface area contributed by atoms with E-state index in [4.69, 9.17) is 9.31 Å². The van der Waals surface area contributed by atoms with Crippen molar-refractivity contribution in [3.63, 3.8) is 0 Å². The summed E-state index contributed by atoms with van der Waals surface area (Å²) >= 11 is 1.86. The van der Waals surface area contributed by atoms with Gasteiger partial charge in [-0.15, -0.1) is 11.3 Å². The molecular formula is C37H29BO2S. The summed E-state index contributed by atoms with van der Waals surface area (Å²) < 4.78 is 15.6. The molecule has 0 N–H and O–H groups in total. The lowest BCUT2D eigenvalue weighted by Crippen LogP contribution is -2.41. The molecular weight excluding hydrogens is 519 g/mol. The van der Waals surface area contributed by atoms with Crippen LogP contribution in [0.15, 0.2) is 103 Å². The van der Waals surface area contributed by atoms with E-state index in [1.807, 2.05) is 11.3 Å². The van der Waals surface area contributed by atoms with E-state index in [-0.39, 0.29) is 16.6 Å². The molecule has 2 heterocycles. The predicted molar refractivity (Wildman–Crippen MR) is 171 cm³/mol. The van der Waals surface area contributed by atoms with Gasteiger partial charge in [0.2, 0.25) is 0 Å². The average molecular weight is 549 g/mol. The number of thiophene rings is 1. The van der Waals surface area contributed by atoms with E-state index in [9.17, 15) is 0 Å². The monoisotopic (exact) mass is 548 g/mol. The third kappa shape index (κ3) is 2.81.